The van der Waals surface area contributed by atoms with E-state index in [1.54, 1.807) is 0 Å². The molecule has 0 fully saturated rings. The largest absolute Gasteiger partial charge is 0.312 e. The van der Waals surface area contributed by atoms with Gasteiger partial charge >= 0.3 is 0 Å². The van der Waals surface area contributed by atoms with Crippen molar-refractivity contribution in [1.29, 1.82) is 0 Å². The van der Waals surface area contributed by atoms with Gasteiger partial charge in [0.2, 0.25) is 0 Å². The van der Waals surface area contributed by atoms with Crippen LogP contribution in [0.2, 0.25) is 0 Å². The molecule has 0 aromatic heterocycles. The van der Waals surface area contributed by atoms with Crippen LogP contribution in [-0.2, 0) is 0 Å². The Balaban J connectivity index is 4.53. The predicted octanol–water partition coefficient (Wildman–Crippen LogP) is 3.91. The van der Waals surface area contributed by atoms with Crippen molar-refractivity contribution >= 4 is 0 Å². The molecule has 18 heavy (non-hydrogen) atoms. The van der Waals surface area contributed by atoms with Crippen molar-refractivity contribution in [3.63, 3.8) is 0 Å². The molecule has 110 valence electrons. The molecule has 0 spiro atoms. The molecule has 1 N–H and O–H groups in total. The van der Waals surface area contributed by atoms with Gasteiger partial charge in [-0.15, -0.1) is 0 Å². The molecular formula is C16H36N2. The molecule has 0 saturated heterocycles. The summed E-state index contributed by atoms with van der Waals surface area (Å²) in [5.74, 6) is 0.823. The molecule has 0 rings (SSSR count). The van der Waals surface area contributed by atoms with Crippen molar-refractivity contribution in [2.24, 2.45) is 5.92 Å². The van der Waals surface area contributed by atoms with Crippen molar-refractivity contribution in [1.82, 2.24) is 10.2 Å². The van der Waals surface area contributed by atoms with E-state index in [4.69, 9.17) is 0 Å². The molecule has 2 nitrogen and oxygen atoms in total. The second kappa shape index (κ2) is 8.92. The van der Waals surface area contributed by atoms with Gasteiger partial charge in [-0.2, -0.15) is 0 Å². The average Bonchev–Trinajstić information content (AvgIpc) is 2.28. The third kappa shape index (κ3) is 5.71. The minimum absolute atomic E-state index is 0.247. The average molecular weight is 256 g/mol. The molecule has 0 bridgehead atoms. The lowest BCUT2D eigenvalue weighted by Gasteiger charge is -2.44. The highest BCUT2D eigenvalue weighted by atomic mass is 15.2. The van der Waals surface area contributed by atoms with Crippen LogP contribution in [0, 0.1) is 5.92 Å². The maximum atomic E-state index is 3.70. The minimum Gasteiger partial charge on any atom is -0.312 e. The Morgan fingerprint density at radius 3 is 1.94 bits per heavy atom. The van der Waals surface area contributed by atoms with Crippen LogP contribution in [0.3, 0.4) is 0 Å². The SMILES string of the molecule is CCNC(CCCC(C)C)C(C)(C)N(CC)CC. The van der Waals surface area contributed by atoms with Crippen LogP contribution >= 0.6 is 0 Å². The van der Waals surface area contributed by atoms with Crippen LogP contribution in [-0.4, -0.2) is 36.1 Å². The zero-order valence-electron chi connectivity index (χ0n) is 13.8. The number of hydrogen-bond acceptors (Lipinski definition) is 2. The maximum Gasteiger partial charge on any atom is 0.0306 e. The van der Waals surface area contributed by atoms with Gasteiger partial charge in [-0.05, 0) is 45.8 Å². The smallest absolute Gasteiger partial charge is 0.0306 e. The summed E-state index contributed by atoms with van der Waals surface area (Å²) in [5.41, 5.74) is 0.247. The summed E-state index contributed by atoms with van der Waals surface area (Å²) in [5, 5.41) is 3.70. The van der Waals surface area contributed by atoms with Crippen LogP contribution in [0.5, 0.6) is 0 Å². The van der Waals surface area contributed by atoms with Crippen molar-refractivity contribution in [3.05, 3.63) is 0 Å². The molecule has 1 unspecified atom stereocenters. The monoisotopic (exact) mass is 256 g/mol. The summed E-state index contributed by atoms with van der Waals surface area (Å²) in [4.78, 5) is 2.58. The Labute approximate surface area is 116 Å². The third-order valence-corrected chi connectivity index (χ3v) is 4.16. The second-order valence-corrected chi connectivity index (χ2v) is 6.26. The molecule has 0 amide bonds. The Bertz CT molecular complexity index is 195. The van der Waals surface area contributed by atoms with Crippen LogP contribution in [0.15, 0.2) is 0 Å². The minimum atomic E-state index is 0.247. The number of hydrogen-bond donors (Lipinski definition) is 1. The summed E-state index contributed by atoms with van der Waals surface area (Å²) in [6.07, 6.45) is 3.96. The van der Waals surface area contributed by atoms with Gasteiger partial charge in [0, 0.05) is 11.6 Å². The van der Waals surface area contributed by atoms with Gasteiger partial charge in [0.25, 0.3) is 0 Å². The normalized spacial score (nSPS) is 14.5. The zero-order chi connectivity index (χ0) is 14.2. The van der Waals surface area contributed by atoms with Gasteiger partial charge < -0.3 is 5.32 Å². The van der Waals surface area contributed by atoms with Gasteiger partial charge in [0.15, 0.2) is 0 Å². The molecular weight excluding hydrogens is 220 g/mol. The fourth-order valence-corrected chi connectivity index (χ4v) is 2.94. The molecule has 2 heteroatoms. The van der Waals surface area contributed by atoms with E-state index < -0.39 is 0 Å². The first kappa shape index (κ1) is 17.9. The van der Waals surface area contributed by atoms with E-state index in [1.165, 1.54) is 19.3 Å². The molecule has 0 heterocycles. The fraction of sp³-hybridized carbons (Fsp3) is 1.00. The third-order valence-electron chi connectivity index (χ3n) is 4.16. The van der Waals surface area contributed by atoms with Crippen LogP contribution < -0.4 is 5.32 Å². The lowest BCUT2D eigenvalue weighted by molar-refractivity contribution is 0.0866. The highest BCUT2D eigenvalue weighted by Crippen LogP contribution is 2.23. The summed E-state index contributed by atoms with van der Waals surface area (Å²) in [6.45, 7) is 19.5. The lowest BCUT2D eigenvalue weighted by atomic mass is 9.87. The Kier molecular flexibility index (Phi) is 8.89. The summed E-state index contributed by atoms with van der Waals surface area (Å²) < 4.78 is 0. The Morgan fingerprint density at radius 2 is 1.56 bits per heavy atom. The maximum absolute atomic E-state index is 3.70. The lowest BCUT2D eigenvalue weighted by Crippen LogP contribution is -2.57. The number of nitrogens with zero attached hydrogens (tertiary/aromatic N) is 1. The quantitative estimate of drug-likeness (QED) is 0.637. The van der Waals surface area contributed by atoms with E-state index in [9.17, 15) is 0 Å². The van der Waals surface area contributed by atoms with Crippen LogP contribution in [0.25, 0.3) is 0 Å². The Hall–Kier alpha value is -0.0800. The molecule has 0 aromatic rings. The molecule has 0 aliphatic heterocycles. The standard InChI is InChI=1S/C16H36N2/c1-8-17-15(13-11-12-14(4)5)16(6,7)18(9-2)10-3/h14-15,17H,8-13H2,1-7H3. The van der Waals surface area contributed by atoms with Crippen molar-refractivity contribution < 1.29 is 0 Å². The van der Waals surface area contributed by atoms with Crippen molar-refractivity contribution in [3.8, 4) is 0 Å². The topological polar surface area (TPSA) is 15.3 Å². The van der Waals surface area contributed by atoms with E-state index in [-0.39, 0.29) is 5.54 Å². The van der Waals surface area contributed by atoms with E-state index >= 15 is 0 Å². The van der Waals surface area contributed by atoms with Crippen LogP contribution in [0.4, 0.5) is 0 Å². The molecule has 0 aliphatic carbocycles. The van der Waals surface area contributed by atoms with Gasteiger partial charge in [-0.25, -0.2) is 0 Å². The van der Waals surface area contributed by atoms with E-state index in [1.807, 2.05) is 0 Å². The van der Waals surface area contributed by atoms with Crippen molar-refractivity contribution in [2.75, 3.05) is 19.6 Å². The Morgan fingerprint density at radius 1 is 1.00 bits per heavy atom. The van der Waals surface area contributed by atoms with Crippen LogP contribution in [0.1, 0.15) is 67.7 Å². The van der Waals surface area contributed by atoms with E-state index in [2.05, 4.69) is 58.7 Å². The highest BCUT2D eigenvalue weighted by Gasteiger charge is 2.32. The van der Waals surface area contributed by atoms with Gasteiger partial charge in [0.05, 0.1) is 0 Å². The predicted molar refractivity (Wildman–Crippen MR) is 83.2 cm³/mol. The molecule has 1 atom stereocenters. The van der Waals surface area contributed by atoms with Gasteiger partial charge in [0.1, 0.15) is 0 Å². The number of nitrogens with one attached hydrogen (secondary N) is 1. The first-order chi connectivity index (χ1) is 8.39. The summed E-state index contributed by atoms with van der Waals surface area (Å²) >= 11 is 0. The second-order valence-electron chi connectivity index (χ2n) is 6.26. The first-order valence-corrected chi connectivity index (χ1v) is 7.88. The molecule has 0 saturated carbocycles. The summed E-state index contributed by atoms with van der Waals surface area (Å²) in [6, 6.07) is 0.598. The number of rotatable bonds is 10. The number of likely N-dealkylation sites (N-methyl/N-ethyl adjacent to an activating group) is 2. The molecule has 0 aliphatic rings. The molecule has 0 aromatic carbocycles. The first-order valence-electron chi connectivity index (χ1n) is 7.88. The molecule has 0 radical (unpaired) electrons. The zero-order valence-corrected chi connectivity index (χ0v) is 13.8. The van der Waals surface area contributed by atoms with E-state index in [0.29, 0.717) is 6.04 Å². The van der Waals surface area contributed by atoms with Gasteiger partial charge in [-0.3, -0.25) is 4.90 Å². The fourth-order valence-electron chi connectivity index (χ4n) is 2.94. The summed E-state index contributed by atoms with van der Waals surface area (Å²) in [7, 11) is 0. The van der Waals surface area contributed by atoms with E-state index in [0.717, 1.165) is 25.6 Å². The van der Waals surface area contributed by atoms with Gasteiger partial charge in [-0.1, -0.05) is 47.5 Å². The highest BCUT2D eigenvalue weighted by molar-refractivity contribution is 4.92. The van der Waals surface area contributed by atoms with Crippen molar-refractivity contribution in [2.45, 2.75) is 79.3 Å².